The molecule has 1 unspecified atom stereocenters. The molecule has 0 radical (unpaired) electrons. The van der Waals surface area contributed by atoms with Crippen molar-refractivity contribution >= 4 is 33.3 Å². The maximum absolute atomic E-state index is 2.47. The molecule has 0 fully saturated rings. The van der Waals surface area contributed by atoms with Gasteiger partial charge in [-0.05, 0) is 130 Å². The highest BCUT2D eigenvalue weighted by atomic mass is 32.2. The molecule has 52 heavy (non-hydrogen) atoms. The van der Waals surface area contributed by atoms with Gasteiger partial charge in [-0.15, -0.1) is 0 Å². The van der Waals surface area contributed by atoms with Gasteiger partial charge in [0.25, 0.3) is 0 Å². The Morgan fingerprint density at radius 3 is 1.81 bits per heavy atom. The molecule has 2 aliphatic carbocycles. The zero-order valence-corrected chi connectivity index (χ0v) is 29.0. The van der Waals surface area contributed by atoms with Gasteiger partial charge in [-0.1, -0.05) is 157 Å². The summed E-state index contributed by atoms with van der Waals surface area (Å²) in [5.74, 6) is 0. The summed E-state index contributed by atoms with van der Waals surface area (Å²) in [6.45, 7) is 0. The van der Waals surface area contributed by atoms with Crippen molar-refractivity contribution in [2.24, 2.45) is 0 Å². The van der Waals surface area contributed by atoms with Crippen LogP contribution in [0.2, 0.25) is 0 Å². The molecule has 3 aliphatic rings. The van der Waals surface area contributed by atoms with Crippen molar-refractivity contribution in [3.63, 3.8) is 0 Å². The van der Waals surface area contributed by atoms with Gasteiger partial charge in [0.2, 0.25) is 0 Å². The number of benzene rings is 9. The molecule has 240 valence electrons. The fourth-order valence-corrected chi connectivity index (χ4v) is 10.9. The number of rotatable bonds is 2. The summed E-state index contributed by atoms with van der Waals surface area (Å²) in [5, 5.41) is 5.24. The second-order valence-corrected chi connectivity index (χ2v) is 15.5. The minimum atomic E-state index is -0.386. The summed E-state index contributed by atoms with van der Waals surface area (Å²) in [5.41, 5.74) is 18.1. The lowest BCUT2D eigenvalue weighted by atomic mass is 9.70. The van der Waals surface area contributed by atoms with E-state index in [1.807, 2.05) is 11.8 Å². The van der Waals surface area contributed by atoms with Crippen LogP contribution in [0, 0.1) is 0 Å². The maximum Gasteiger partial charge on any atom is 0.0725 e. The zero-order chi connectivity index (χ0) is 34.0. The van der Waals surface area contributed by atoms with E-state index >= 15 is 0 Å². The lowest BCUT2D eigenvalue weighted by molar-refractivity contribution is 0.795. The van der Waals surface area contributed by atoms with E-state index in [0.29, 0.717) is 0 Å². The second kappa shape index (κ2) is 10.4. The lowest BCUT2D eigenvalue weighted by Gasteiger charge is -2.30. The predicted molar refractivity (Wildman–Crippen MR) is 218 cm³/mol. The third-order valence-corrected chi connectivity index (χ3v) is 13.0. The molecule has 0 N–H and O–H groups in total. The van der Waals surface area contributed by atoms with Crippen molar-refractivity contribution in [1.82, 2.24) is 0 Å². The van der Waals surface area contributed by atoms with E-state index < -0.39 is 0 Å². The third-order valence-electron chi connectivity index (χ3n) is 11.8. The van der Waals surface area contributed by atoms with Crippen molar-refractivity contribution in [3.05, 3.63) is 204 Å². The van der Waals surface area contributed by atoms with Gasteiger partial charge in [0.15, 0.2) is 0 Å². The molecule has 0 amide bonds. The lowest BCUT2D eigenvalue weighted by Crippen LogP contribution is -2.25. The molecule has 0 aromatic heterocycles. The molecule has 0 bridgehead atoms. The van der Waals surface area contributed by atoms with Crippen LogP contribution in [0.1, 0.15) is 22.3 Å². The molecule has 9 aromatic rings. The van der Waals surface area contributed by atoms with Crippen LogP contribution in [-0.2, 0) is 5.41 Å². The predicted octanol–water partition coefficient (Wildman–Crippen LogP) is 13.8. The largest absolute Gasteiger partial charge is 0.0888 e. The number of hydrogen-bond donors (Lipinski definition) is 0. The van der Waals surface area contributed by atoms with Gasteiger partial charge in [0.05, 0.1) is 5.41 Å². The molecule has 1 heterocycles. The number of fused-ring (bicyclic) bond motifs is 13. The monoisotopic (exact) mass is 674 g/mol. The fourth-order valence-electron chi connectivity index (χ4n) is 9.72. The highest BCUT2D eigenvalue weighted by Crippen LogP contribution is 2.64. The zero-order valence-electron chi connectivity index (χ0n) is 28.2. The van der Waals surface area contributed by atoms with E-state index in [9.17, 15) is 0 Å². The Morgan fingerprint density at radius 2 is 0.923 bits per heavy atom. The average molecular weight is 675 g/mol. The van der Waals surface area contributed by atoms with E-state index in [2.05, 4.69) is 182 Å². The van der Waals surface area contributed by atoms with Crippen LogP contribution < -0.4 is 0 Å². The quantitative estimate of drug-likeness (QED) is 0.176. The minimum Gasteiger partial charge on any atom is -0.0888 e. The van der Waals surface area contributed by atoms with E-state index in [1.165, 1.54) is 109 Å². The second-order valence-electron chi connectivity index (χ2n) is 14.4. The van der Waals surface area contributed by atoms with Crippen molar-refractivity contribution < 1.29 is 0 Å². The first-order valence-electron chi connectivity index (χ1n) is 18.1. The van der Waals surface area contributed by atoms with E-state index in [4.69, 9.17) is 0 Å². The first-order chi connectivity index (χ1) is 25.8. The van der Waals surface area contributed by atoms with Gasteiger partial charge >= 0.3 is 0 Å². The third kappa shape index (κ3) is 3.68. The molecule has 1 aliphatic heterocycles. The smallest absolute Gasteiger partial charge is 0.0725 e. The highest BCUT2D eigenvalue weighted by molar-refractivity contribution is 7.99. The summed E-state index contributed by atoms with van der Waals surface area (Å²) in [6, 6.07) is 68.5. The molecule has 0 saturated carbocycles. The Kier molecular flexibility index (Phi) is 5.73. The summed E-state index contributed by atoms with van der Waals surface area (Å²) < 4.78 is 0. The molecular formula is C51H30S. The summed E-state index contributed by atoms with van der Waals surface area (Å²) >= 11 is 1.89. The van der Waals surface area contributed by atoms with Crippen LogP contribution in [0.3, 0.4) is 0 Å². The van der Waals surface area contributed by atoms with Crippen LogP contribution in [0.4, 0.5) is 0 Å². The molecule has 12 rings (SSSR count). The van der Waals surface area contributed by atoms with E-state index in [-0.39, 0.29) is 5.41 Å². The van der Waals surface area contributed by atoms with Gasteiger partial charge in [-0.3, -0.25) is 0 Å². The van der Waals surface area contributed by atoms with Crippen LogP contribution in [0.25, 0.3) is 77.2 Å². The van der Waals surface area contributed by atoms with E-state index in [1.54, 1.807) is 0 Å². The van der Waals surface area contributed by atoms with Gasteiger partial charge in [0, 0.05) is 15.2 Å². The van der Waals surface area contributed by atoms with E-state index in [0.717, 1.165) is 0 Å². The van der Waals surface area contributed by atoms with Gasteiger partial charge in [-0.2, -0.15) is 0 Å². The molecule has 1 spiro atoms. The Bertz CT molecular complexity index is 3000. The average Bonchev–Trinajstić information content (AvgIpc) is 3.67. The minimum absolute atomic E-state index is 0.386. The van der Waals surface area contributed by atoms with Crippen LogP contribution in [-0.4, -0.2) is 0 Å². The van der Waals surface area contributed by atoms with Crippen molar-refractivity contribution in [2.45, 2.75) is 15.2 Å². The van der Waals surface area contributed by atoms with Gasteiger partial charge < -0.3 is 0 Å². The fraction of sp³-hybridized carbons (Fsp3) is 0.0196. The summed E-state index contributed by atoms with van der Waals surface area (Å²) in [7, 11) is 0. The normalized spacial score (nSPS) is 15.7. The topological polar surface area (TPSA) is 0 Å². The standard InChI is InChI=1S/C51H30S/c1-2-12-34-30-46-41(28-33(34)11-1)38-17-3-5-21-43(38)51(46)44-22-6-4-18-40(44)50-37(19-10-23-45(50)51)36-16-7-15-32(27-36)35-25-26-47-42(29-35)39-20-8-13-31-14-9-24-48(52-47)49(31)39/h1-30H. The molecule has 0 saturated heterocycles. The summed E-state index contributed by atoms with van der Waals surface area (Å²) in [6.07, 6.45) is 0. The first-order valence-corrected chi connectivity index (χ1v) is 18.9. The molecule has 0 nitrogen and oxygen atoms in total. The molecule has 1 heteroatoms. The van der Waals surface area contributed by atoms with Crippen LogP contribution in [0.15, 0.2) is 192 Å². The molecular weight excluding hydrogens is 645 g/mol. The first kappa shape index (κ1) is 28.5. The highest BCUT2D eigenvalue weighted by Gasteiger charge is 2.52. The Hall–Kier alpha value is -6.15. The maximum atomic E-state index is 2.47. The van der Waals surface area contributed by atoms with Crippen LogP contribution in [0.5, 0.6) is 0 Å². The molecule has 1 atom stereocenters. The Morgan fingerprint density at radius 1 is 0.308 bits per heavy atom. The Balaban J connectivity index is 1.06. The van der Waals surface area contributed by atoms with Crippen LogP contribution >= 0.6 is 11.8 Å². The van der Waals surface area contributed by atoms with Gasteiger partial charge in [0.1, 0.15) is 0 Å². The molecule has 9 aromatic carbocycles. The Labute approximate surface area is 307 Å². The van der Waals surface area contributed by atoms with Crippen molar-refractivity contribution in [3.8, 4) is 55.6 Å². The van der Waals surface area contributed by atoms with Crippen molar-refractivity contribution in [1.29, 1.82) is 0 Å². The number of hydrogen-bond acceptors (Lipinski definition) is 1. The van der Waals surface area contributed by atoms with Gasteiger partial charge in [-0.25, -0.2) is 0 Å². The SMILES string of the molecule is c1cc(-c2ccc3c(c2)-c2cccc4cccc(c24)S3)cc(-c2cccc3c2-c2ccccc2C32c3ccccc3-c3cc4ccccc4cc32)c1. The van der Waals surface area contributed by atoms with Crippen molar-refractivity contribution in [2.75, 3.05) is 0 Å². The summed E-state index contributed by atoms with van der Waals surface area (Å²) in [4.78, 5) is 2.66.